The summed E-state index contributed by atoms with van der Waals surface area (Å²) < 4.78 is 50.1. The SMILES string of the molecule is O=C(O)CC(=O)OCC1OC(Oc2cc(O)cc3c2C=C(OC2OC(COC(=O)C=Cc4ccc(O)cc4)C(O)C(O)C2OC2OCC(O)C(O)C2O)C(c2ccc(O)c(O)c2)[OH+]3)C(O)C(O)C1O. The zero-order valence-corrected chi connectivity index (χ0v) is 35.7. The Morgan fingerprint density at radius 1 is 0.681 bits per heavy atom. The topological polar surface area (TPSA) is 401 Å². The van der Waals surface area contributed by atoms with Crippen LogP contribution in [-0.4, -0.2) is 195 Å². The summed E-state index contributed by atoms with van der Waals surface area (Å²) in [6, 6.07) is 11.5. The van der Waals surface area contributed by atoms with E-state index in [0.717, 1.165) is 30.3 Å². The van der Waals surface area contributed by atoms with E-state index < -0.39 is 154 Å². The molecule has 3 aromatic carbocycles. The van der Waals surface area contributed by atoms with Gasteiger partial charge >= 0.3 is 17.9 Å². The van der Waals surface area contributed by atoms with E-state index >= 15 is 0 Å². The van der Waals surface area contributed by atoms with Crippen LogP contribution >= 0.6 is 0 Å². The van der Waals surface area contributed by atoms with Crippen molar-refractivity contribution in [3.05, 3.63) is 83.1 Å². The van der Waals surface area contributed by atoms with Crippen LogP contribution in [0.4, 0.5) is 0 Å². The summed E-state index contributed by atoms with van der Waals surface area (Å²) >= 11 is 0. The number of rotatable bonds is 15. The molecule has 0 radical (unpaired) electrons. The zero-order valence-electron chi connectivity index (χ0n) is 35.7. The zero-order chi connectivity index (χ0) is 49.8. The molecule has 0 amide bonds. The summed E-state index contributed by atoms with van der Waals surface area (Å²) in [5.74, 6) is -5.98. The Bertz CT molecular complexity index is 2370. The van der Waals surface area contributed by atoms with Crippen molar-refractivity contribution in [1.82, 2.24) is 0 Å². The number of carbonyl (C=O) groups is 3. The minimum absolute atomic E-state index is 0.0125. The maximum atomic E-state index is 12.8. The van der Waals surface area contributed by atoms with Crippen molar-refractivity contribution >= 4 is 30.1 Å². The Labute approximate surface area is 388 Å². The van der Waals surface area contributed by atoms with Gasteiger partial charge in [0.2, 0.25) is 12.6 Å². The van der Waals surface area contributed by atoms with Crippen molar-refractivity contribution in [1.29, 1.82) is 0 Å². The lowest BCUT2D eigenvalue weighted by atomic mass is 9.97. The fourth-order valence-corrected chi connectivity index (χ4v) is 7.48. The number of carboxylic acids is 1. The van der Waals surface area contributed by atoms with Gasteiger partial charge in [-0.05, 0) is 42.0 Å². The van der Waals surface area contributed by atoms with Crippen LogP contribution < -0.4 is 4.74 Å². The highest BCUT2D eigenvalue weighted by Crippen LogP contribution is 2.47. The molecule has 0 aromatic heterocycles. The summed E-state index contributed by atoms with van der Waals surface area (Å²) in [6.45, 7) is -2.07. The number of carbonyl (C=O) groups excluding carboxylic acids is 2. The molecule has 14 N–H and O–H groups in total. The monoisotopic (exact) mass is 977 g/mol. The van der Waals surface area contributed by atoms with Crippen molar-refractivity contribution in [3.63, 3.8) is 0 Å². The third-order valence-corrected chi connectivity index (χ3v) is 11.2. The predicted molar refractivity (Wildman–Crippen MR) is 223 cm³/mol. The number of hydrogen-bond acceptors (Lipinski definition) is 23. The van der Waals surface area contributed by atoms with Crippen molar-refractivity contribution in [2.75, 3.05) is 19.8 Å². The van der Waals surface area contributed by atoms with Crippen molar-refractivity contribution in [3.8, 4) is 34.5 Å². The van der Waals surface area contributed by atoms with Crippen LogP contribution in [0.25, 0.3) is 12.2 Å². The first-order valence-electron chi connectivity index (χ1n) is 21.0. The Hall–Kier alpha value is -6.33. The Kier molecular flexibility index (Phi) is 15.8. The molecule has 0 bridgehead atoms. The predicted octanol–water partition coefficient (Wildman–Crippen LogP) is -2.41. The molecule has 25 nitrogen and oxygen atoms in total. The van der Waals surface area contributed by atoms with E-state index in [-0.39, 0.29) is 34.1 Å². The minimum Gasteiger partial charge on any atom is -0.571 e. The van der Waals surface area contributed by atoms with Gasteiger partial charge in [-0.3, -0.25) is 9.59 Å². The van der Waals surface area contributed by atoms with Crippen LogP contribution in [0.15, 0.2) is 66.4 Å². The first-order chi connectivity index (χ1) is 32.8. The molecule has 25 heteroatoms. The third kappa shape index (κ3) is 11.8. The molecule has 0 saturated carbocycles. The van der Waals surface area contributed by atoms with E-state index in [0.29, 0.717) is 5.56 Å². The number of aliphatic hydroxyl groups excluding tert-OH is 8. The summed E-state index contributed by atoms with van der Waals surface area (Å²) in [5, 5.41) is 136. The number of phenolic OH excluding ortho intramolecular Hbond substituents is 4. The second-order valence-corrected chi connectivity index (χ2v) is 16.1. The molecule has 7 rings (SSSR count). The van der Waals surface area contributed by atoms with Crippen LogP contribution in [0.1, 0.15) is 29.2 Å². The Balaban J connectivity index is 1.22. The minimum atomic E-state index is -2.02. The van der Waals surface area contributed by atoms with Gasteiger partial charge in [-0.2, -0.15) is 0 Å². The summed E-state index contributed by atoms with van der Waals surface area (Å²) in [6.07, 6.45) is -24.5. The Morgan fingerprint density at radius 2 is 1.35 bits per heavy atom. The first kappa shape index (κ1) is 50.5. The maximum Gasteiger partial charge on any atom is 0.330 e. The van der Waals surface area contributed by atoms with Crippen LogP contribution in [-0.2, 0) is 47.5 Å². The molecule has 15 unspecified atom stereocenters. The van der Waals surface area contributed by atoms with Crippen LogP contribution in [0.5, 0.6) is 34.5 Å². The molecular weight excluding hydrogens is 928 g/mol. The molecule has 4 aliphatic heterocycles. The fraction of sp³-hybridized carbons (Fsp3) is 0.432. The van der Waals surface area contributed by atoms with Crippen molar-refractivity contribution in [2.24, 2.45) is 0 Å². The number of benzene rings is 3. The number of ether oxygens (including phenoxy) is 9. The number of aliphatic hydroxyl groups is 9. The number of aliphatic carboxylic acids is 1. The summed E-state index contributed by atoms with van der Waals surface area (Å²) in [5.41, 5.74) is 0.561. The number of hydrogen-bond donors (Lipinski definition) is 13. The van der Waals surface area contributed by atoms with Gasteiger partial charge in [-0.1, -0.05) is 12.1 Å². The van der Waals surface area contributed by atoms with E-state index in [1.165, 1.54) is 42.5 Å². The van der Waals surface area contributed by atoms with Gasteiger partial charge in [0, 0.05) is 18.2 Å². The highest BCUT2D eigenvalue weighted by molar-refractivity contribution is 5.90. The van der Waals surface area contributed by atoms with Crippen LogP contribution in [0.3, 0.4) is 0 Å². The van der Waals surface area contributed by atoms with Crippen molar-refractivity contribution in [2.45, 2.75) is 98.5 Å². The van der Waals surface area contributed by atoms with E-state index in [2.05, 4.69) is 4.74 Å². The van der Waals surface area contributed by atoms with Crippen LogP contribution in [0, 0.1) is 0 Å². The molecule has 3 fully saturated rings. The maximum absolute atomic E-state index is 12.8. The number of phenols is 4. The van der Waals surface area contributed by atoms with Gasteiger partial charge in [0.1, 0.15) is 103 Å². The lowest BCUT2D eigenvalue weighted by Gasteiger charge is -2.45. The van der Waals surface area contributed by atoms with Gasteiger partial charge in [0.15, 0.2) is 29.7 Å². The molecular formula is C44H49O25+. The Morgan fingerprint density at radius 3 is 2.04 bits per heavy atom. The van der Waals surface area contributed by atoms with E-state index in [1.54, 1.807) is 0 Å². The van der Waals surface area contributed by atoms with Gasteiger partial charge < -0.3 is 109 Å². The molecule has 4 aliphatic rings. The second kappa shape index (κ2) is 21.5. The molecule has 15 atom stereocenters. The normalized spacial score (nSPS) is 32.2. The molecule has 4 heterocycles. The second-order valence-electron chi connectivity index (χ2n) is 16.1. The number of aromatic hydroxyl groups is 5. The highest BCUT2D eigenvalue weighted by Gasteiger charge is 2.52. The van der Waals surface area contributed by atoms with E-state index in [9.17, 15) is 75.7 Å². The third-order valence-electron chi connectivity index (χ3n) is 11.2. The van der Waals surface area contributed by atoms with Gasteiger partial charge in [0.25, 0.3) is 11.9 Å². The fourth-order valence-electron chi connectivity index (χ4n) is 7.48. The lowest BCUT2D eigenvalue weighted by molar-refractivity contribution is -0.353. The molecule has 3 aromatic rings. The molecule has 3 saturated heterocycles. The quantitative estimate of drug-likeness (QED) is 0.0248. The standard InChI is InChI=1S/C44H48O25/c45-19-5-1-17(2-6-19)3-8-31(52)61-15-29-35(56)37(58)41(69-42-38(59)33(54)24(49)14-63-42)44(68-29)66-27-12-21-25(64-40(27)18-4-7-22(47)23(48)9-18)10-20(46)11-26(21)65-43-39(60)36(57)34(55)28(67-43)16-62-32(53)13-30(50)51/h1-12,24,28-29,33-49,54-60H,13-16H2,(H,50,51)/p+1. The van der Waals surface area contributed by atoms with E-state index in [4.69, 9.17) is 43.0 Å². The molecule has 0 aliphatic carbocycles. The lowest BCUT2D eigenvalue weighted by Crippen LogP contribution is -2.63. The average Bonchev–Trinajstić information content (AvgIpc) is 3.31. The van der Waals surface area contributed by atoms with Gasteiger partial charge in [0.05, 0.1) is 18.2 Å². The summed E-state index contributed by atoms with van der Waals surface area (Å²) in [4.78, 5) is 35.7. The van der Waals surface area contributed by atoms with Crippen LogP contribution in [0.2, 0.25) is 0 Å². The highest BCUT2D eigenvalue weighted by atomic mass is 16.8. The molecule has 374 valence electrons. The number of esters is 2. The molecule has 69 heavy (non-hydrogen) atoms. The van der Waals surface area contributed by atoms with E-state index in [1.807, 2.05) is 0 Å². The summed E-state index contributed by atoms with van der Waals surface area (Å²) in [7, 11) is 0. The largest absolute Gasteiger partial charge is 0.571 e. The molecule has 0 spiro atoms. The smallest absolute Gasteiger partial charge is 0.330 e. The number of fused-ring (bicyclic) bond motifs is 1. The van der Waals surface area contributed by atoms with Gasteiger partial charge in [-0.15, -0.1) is 0 Å². The first-order valence-corrected chi connectivity index (χ1v) is 21.0. The van der Waals surface area contributed by atoms with Gasteiger partial charge in [-0.25, -0.2) is 4.79 Å². The van der Waals surface area contributed by atoms with Crippen molar-refractivity contribution < 1.29 is 123 Å². The number of carboxylic acid groups (broad SMARTS) is 1. The average molecular weight is 978 g/mol.